The van der Waals surface area contributed by atoms with Crippen molar-refractivity contribution in [1.29, 1.82) is 0 Å². The van der Waals surface area contributed by atoms with Crippen molar-refractivity contribution in [2.24, 2.45) is 0 Å². The summed E-state index contributed by atoms with van der Waals surface area (Å²) in [5.74, 6) is 1.77. The first-order valence-corrected chi connectivity index (χ1v) is 29.8. The van der Waals surface area contributed by atoms with E-state index in [0.29, 0.717) is 0 Å². The molecule has 0 radical (unpaired) electrons. The summed E-state index contributed by atoms with van der Waals surface area (Å²) in [5, 5.41) is 0. The molecular formula is C78H50B2N2OS. The van der Waals surface area contributed by atoms with E-state index >= 15 is 0 Å². The highest BCUT2D eigenvalue weighted by Crippen LogP contribution is 2.54. The minimum atomic E-state index is -0.188. The number of rotatable bonds is 8. The lowest BCUT2D eigenvalue weighted by molar-refractivity contribution is 0.487. The highest BCUT2D eigenvalue weighted by atomic mass is 32.2. The Morgan fingerprint density at radius 1 is 0.250 bits per heavy atom. The van der Waals surface area contributed by atoms with Gasteiger partial charge in [0.1, 0.15) is 11.5 Å². The van der Waals surface area contributed by atoms with E-state index < -0.39 is 0 Å². The van der Waals surface area contributed by atoms with Crippen molar-refractivity contribution in [3.8, 4) is 78.3 Å². The predicted molar refractivity (Wildman–Crippen MR) is 355 cm³/mol. The monoisotopic (exact) mass is 1080 g/mol. The maximum Gasteiger partial charge on any atom is 0.253 e. The van der Waals surface area contributed by atoms with E-state index in [-0.39, 0.29) is 13.4 Å². The summed E-state index contributed by atoms with van der Waals surface area (Å²) in [6.07, 6.45) is 0. The van der Waals surface area contributed by atoms with Crippen molar-refractivity contribution in [2.75, 3.05) is 9.80 Å². The van der Waals surface area contributed by atoms with Crippen LogP contribution in [0.15, 0.2) is 313 Å². The maximum atomic E-state index is 7.58. The third-order valence-electron chi connectivity index (χ3n) is 17.6. The number of hydrogen-bond acceptors (Lipinski definition) is 4. The molecule has 4 aliphatic heterocycles. The summed E-state index contributed by atoms with van der Waals surface area (Å²) < 4.78 is 7.58. The lowest BCUT2D eigenvalue weighted by Crippen LogP contribution is -2.64. The second-order valence-electron chi connectivity index (χ2n) is 22.2. The van der Waals surface area contributed by atoms with Gasteiger partial charge in [-0.25, -0.2) is 0 Å². The SMILES string of the molecule is c1ccc(-c2cc3c4c(c2)Sc2ccccc2B4c2cc4c(cc2O3)N(c2c(-c3ccccc3)cccc2-c2ccccc2)c2cc(-c3ccccc3)cc3c2B4c2ccccc2N3c2c(-c3ccccc3)cccc2-c2ccccc2)cc1. The van der Waals surface area contributed by atoms with Crippen LogP contribution in [0.2, 0.25) is 0 Å². The molecule has 4 heterocycles. The van der Waals surface area contributed by atoms with Gasteiger partial charge < -0.3 is 14.5 Å². The summed E-state index contributed by atoms with van der Waals surface area (Å²) in [5.41, 5.74) is 27.9. The van der Waals surface area contributed by atoms with E-state index in [1.165, 1.54) is 48.1 Å². The normalized spacial score (nSPS) is 13.0. The van der Waals surface area contributed by atoms with Crippen molar-refractivity contribution in [3.05, 3.63) is 303 Å². The van der Waals surface area contributed by atoms with E-state index in [1.807, 2.05) is 11.8 Å². The third-order valence-corrected chi connectivity index (χ3v) is 18.7. The molecule has 17 rings (SSSR count). The first kappa shape index (κ1) is 48.4. The molecule has 0 unspecified atom stereocenters. The zero-order valence-corrected chi connectivity index (χ0v) is 46.5. The van der Waals surface area contributed by atoms with Crippen LogP contribution in [-0.4, -0.2) is 13.4 Å². The number of hydrogen-bond donors (Lipinski definition) is 0. The molecule has 0 aliphatic carbocycles. The molecule has 3 nitrogen and oxygen atoms in total. The van der Waals surface area contributed by atoms with Crippen LogP contribution in [0.1, 0.15) is 0 Å². The minimum Gasteiger partial charge on any atom is -0.458 e. The number of para-hydroxylation sites is 3. The smallest absolute Gasteiger partial charge is 0.253 e. The molecule has 0 atom stereocenters. The number of ether oxygens (including phenoxy) is 1. The number of anilines is 6. The van der Waals surface area contributed by atoms with Gasteiger partial charge in [-0.05, 0) is 108 Å². The van der Waals surface area contributed by atoms with Gasteiger partial charge >= 0.3 is 0 Å². The predicted octanol–water partition coefficient (Wildman–Crippen LogP) is 16.9. The first-order valence-electron chi connectivity index (χ1n) is 29.0. The Morgan fingerprint density at radius 3 is 1.18 bits per heavy atom. The molecular weight excluding hydrogens is 1030 g/mol. The molecule has 0 amide bonds. The van der Waals surface area contributed by atoms with Crippen molar-refractivity contribution in [3.63, 3.8) is 0 Å². The number of nitrogens with zero attached hydrogens (tertiary/aromatic N) is 2. The third kappa shape index (κ3) is 7.71. The molecule has 0 bridgehead atoms. The van der Waals surface area contributed by atoms with Crippen LogP contribution in [0.5, 0.6) is 11.5 Å². The highest BCUT2D eigenvalue weighted by Gasteiger charge is 2.48. The summed E-state index contributed by atoms with van der Waals surface area (Å²) in [4.78, 5) is 7.75. The van der Waals surface area contributed by atoms with Crippen LogP contribution >= 0.6 is 11.8 Å². The van der Waals surface area contributed by atoms with Gasteiger partial charge in [-0.2, -0.15) is 0 Å². The first-order chi connectivity index (χ1) is 41.7. The van der Waals surface area contributed by atoms with Crippen LogP contribution in [0, 0.1) is 0 Å². The molecule has 0 N–H and O–H groups in total. The minimum absolute atomic E-state index is 0.0703. The molecule has 0 spiro atoms. The molecule has 0 saturated heterocycles. The fourth-order valence-electron chi connectivity index (χ4n) is 13.9. The molecule has 0 aromatic heterocycles. The standard InChI is InChI=1S/C78H50B2N2OS/c1-7-25-51(26-8-1)57-45-69-75-70(46-57)82(78-61(55-33-15-5-16-34-55)39-24-40-62(78)56-35-17-6-18-36-56)68-50-71-66(80-64-42-20-22-44-73(64)84-74-48-58(47-72(83-71)76(74)80)52-27-9-2-10-28-52)49-65(68)79(75)63-41-19-21-43-67(63)81(69)77-59(53-29-11-3-12-30-53)37-23-38-60(77)54-31-13-4-14-32-54/h1-50H. The van der Waals surface area contributed by atoms with Gasteiger partial charge in [0.2, 0.25) is 0 Å². The second kappa shape index (κ2) is 19.7. The average molecular weight is 1080 g/mol. The summed E-state index contributed by atoms with van der Waals surface area (Å²) in [6, 6.07) is 112. The van der Waals surface area contributed by atoms with E-state index in [9.17, 15) is 0 Å². The zero-order chi connectivity index (χ0) is 55.2. The molecule has 13 aromatic carbocycles. The van der Waals surface area contributed by atoms with Crippen LogP contribution in [0.25, 0.3) is 66.8 Å². The van der Waals surface area contributed by atoms with Gasteiger partial charge in [-0.3, -0.25) is 0 Å². The van der Waals surface area contributed by atoms with E-state index in [2.05, 4.69) is 313 Å². The Labute approximate surface area is 494 Å². The summed E-state index contributed by atoms with van der Waals surface area (Å²) in [7, 11) is 0. The van der Waals surface area contributed by atoms with Crippen LogP contribution in [0.3, 0.4) is 0 Å². The molecule has 84 heavy (non-hydrogen) atoms. The Morgan fingerprint density at radius 2 is 0.667 bits per heavy atom. The second-order valence-corrected chi connectivity index (χ2v) is 23.3. The Hall–Kier alpha value is -10.3. The highest BCUT2D eigenvalue weighted by molar-refractivity contribution is 8.00. The Kier molecular flexibility index (Phi) is 11.4. The summed E-state index contributed by atoms with van der Waals surface area (Å²) in [6.45, 7) is -0.259. The molecule has 13 aromatic rings. The van der Waals surface area contributed by atoms with Gasteiger partial charge in [0.15, 0.2) is 0 Å². The molecule has 0 fully saturated rings. The Balaban J connectivity index is 1.02. The van der Waals surface area contributed by atoms with Crippen molar-refractivity contribution < 1.29 is 4.74 Å². The molecule has 4 aliphatic rings. The van der Waals surface area contributed by atoms with Crippen LogP contribution in [-0.2, 0) is 0 Å². The number of benzene rings is 13. The lowest BCUT2D eigenvalue weighted by atomic mass is 9.31. The van der Waals surface area contributed by atoms with E-state index in [0.717, 1.165) is 107 Å². The van der Waals surface area contributed by atoms with Crippen LogP contribution in [0.4, 0.5) is 34.1 Å². The van der Waals surface area contributed by atoms with Crippen LogP contribution < -0.4 is 47.3 Å². The fraction of sp³-hybridized carbons (Fsp3) is 0. The Bertz CT molecular complexity index is 4620. The van der Waals surface area contributed by atoms with E-state index in [1.54, 1.807) is 0 Å². The van der Waals surface area contributed by atoms with Gasteiger partial charge in [0.25, 0.3) is 13.4 Å². The average Bonchev–Trinajstić information content (AvgIpc) is 0.785. The van der Waals surface area contributed by atoms with Crippen molar-refractivity contribution >= 4 is 92.1 Å². The van der Waals surface area contributed by atoms with Gasteiger partial charge in [0.05, 0.1) is 11.4 Å². The van der Waals surface area contributed by atoms with Gasteiger partial charge in [-0.15, -0.1) is 0 Å². The molecule has 390 valence electrons. The number of fused-ring (bicyclic) bond motifs is 8. The fourth-order valence-corrected chi connectivity index (χ4v) is 15.1. The molecule has 0 saturated carbocycles. The topological polar surface area (TPSA) is 15.7 Å². The summed E-state index contributed by atoms with van der Waals surface area (Å²) >= 11 is 1.86. The van der Waals surface area contributed by atoms with Gasteiger partial charge in [0, 0.05) is 60.9 Å². The van der Waals surface area contributed by atoms with Gasteiger partial charge in [-0.1, -0.05) is 278 Å². The quantitative estimate of drug-likeness (QED) is 0.141. The zero-order valence-electron chi connectivity index (χ0n) is 45.7. The van der Waals surface area contributed by atoms with Crippen molar-refractivity contribution in [1.82, 2.24) is 0 Å². The lowest BCUT2D eigenvalue weighted by Gasteiger charge is -2.46. The largest absolute Gasteiger partial charge is 0.458 e. The van der Waals surface area contributed by atoms with E-state index in [4.69, 9.17) is 4.74 Å². The maximum absolute atomic E-state index is 7.58. The molecule has 6 heteroatoms. The van der Waals surface area contributed by atoms with Crippen molar-refractivity contribution in [2.45, 2.75) is 9.79 Å².